The summed E-state index contributed by atoms with van der Waals surface area (Å²) < 4.78 is 16.5. The van der Waals surface area contributed by atoms with E-state index in [1.54, 1.807) is 6.20 Å². The van der Waals surface area contributed by atoms with Gasteiger partial charge in [-0.3, -0.25) is 15.2 Å². The van der Waals surface area contributed by atoms with Crippen LogP contribution in [-0.2, 0) is 6.54 Å². The number of amides is 2. The summed E-state index contributed by atoms with van der Waals surface area (Å²) in [5, 5.41) is 15.4. The Morgan fingerprint density at radius 2 is 1.92 bits per heavy atom. The second-order valence-corrected chi connectivity index (χ2v) is 9.89. The van der Waals surface area contributed by atoms with E-state index in [1.807, 2.05) is 55.5 Å². The van der Waals surface area contributed by atoms with Crippen molar-refractivity contribution in [3.05, 3.63) is 66.1 Å². The Bertz CT molecular complexity index is 1360. The molecule has 2 amide bonds. The van der Waals surface area contributed by atoms with Crippen LogP contribution >= 0.6 is 23.7 Å². The maximum atomic E-state index is 15.8. The molecule has 37 heavy (non-hydrogen) atoms. The molecule has 0 saturated carbocycles. The second kappa shape index (κ2) is 12.0. The summed E-state index contributed by atoms with van der Waals surface area (Å²) in [6.45, 7) is 4.85. The summed E-state index contributed by atoms with van der Waals surface area (Å²) in [6, 6.07) is 14.9. The molecule has 1 aliphatic rings. The molecule has 0 bridgehead atoms. The maximum absolute atomic E-state index is 15.8. The summed E-state index contributed by atoms with van der Waals surface area (Å²) in [5.41, 5.74) is 4.01. The number of pyridine rings is 1. The van der Waals surface area contributed by atoms with Crippen molar-refractivity contribution in [2.75, 3.05) is 25.0 Å². The molecule has 0 aliphatic carbocycles. The molecule has 194 valence electrons. The smallest absolute Gasteiger partial charge is 0.321 e. The van der Waals surface area contributed by atoms with Gasteiger partial charge in [0.1, 0.15) is 5.52 Å². The van der Waals surface area contributed by atoms with Crippen LogP contribution in [0, 0.1) is 5.82 Å². The summed E-state index contributed by atoms with van der Waals surface area (Å²) in [4.78, 5) is 23.3. The van der Waals surface area contributed by atoms with Crippen LogP contribution in [0.2, 0.25) is 0 Å². The fourth-order valence-electron chi connectivity index (χ4n) is 4.46. The van der Waals surface area contributed by atoms with Crippen LogP contribution in [0.15, 0.2) is 54.7 Å². The van der Waals surface area contributed by atoms with Crippen LogP contribution < -0.4 is 10.6 Å². The quantitative estimate of drug-likeness (QED) is 0.292. The van der Waals surface area contributed by atoms with E-state index in [2.05, 4.69) is 25.5 Å². The second-order valence-electron chi connectivity index (χ2n) is 8.89. The highest BCUT2D eigenvalue weighted by Gasteiger charge is 2.21. The zero-order chi connectivity index (χ0) is 25.1. The fourth-order valence-corrected chi connectivity index (χ4v) is 5.43. The van der Waals surface area contributed by atoms with Crippen LogP contribution in [0.3, 0.4) is 0 Å². The molecule has 3 N–H and O–H groups in total. The molecule has 0 atom stereocenters. The molecule has 2 aromatic heterocycles. The summed E-state index contributed by atoms with van der Waals surface area (Å²) in [7, 11) is 0. The van der Waals surface area contributed by atoms with Gasteiger partial charge in [0.05, 0.1) is 16.5 Å². The molecule has 3 heterocycles. The largest absolute Gasteiger partial charge is 0.393 e. The maximum Gasteiger partial charge on any atom is 0.321 e. The van der Waals surface area contributed by atoms with Gasteiger partial charge in [0, 0.05) is 43.5 Å². The van der Waals surface area contributed by atoms with Crippen LogP contribution in [0.4, 0.5) is 14.3 Å². The molecule has 1 aliphatic heterocycles. The highest BCUT2D eigenvalue weighted by atomic mass is 35.5. The number of hydrogen-bond donors (Lipinski definition) is 3. The number of piperidine rings is 1. The average Bonchev–Trinajstić information content (AvgIpc) is 3.31. The molecular formula is C27H29ClFN5O2S. The topological polar surface area (TPSA) is 90.4 Å². The third-order valence-electron chi connectivity index (χ3n) is 6.33. The molecule has 0 radical (unpaired) electrons. The van der Waals surface area contributed by atoms with Gasteiger partial charge in [0.15, 0.2) is 10.9 Å². The van der Waals surface area contributed by atoms with Crippen molar-refractivity contribution in [2.24, 2.45) is 0 Å². The van der Waals surface area contributed by atoms with Crippen LogP contribution in [0.1, 0.15) is 25.3 Å². The van der Waals surface area contributed by atoms with Crippen molar-refractivity contribution >= 4 is 45.1 Å². The number of nitrogens with zero attached hydrogens (tertiary/aromatic N) is 3. The number of aliphatic hydroxyl groups is 1. The summed E-state index contributed by atoms with van der Waals surface area (Å²) in [5.74, 6) is -0.428. The molecular weight excluding hydrogens is 513 g/mol. The van der Waals surface area contributed by atoms with Gasteiger partial charge in [-0.05, 0) is 49.1 Å². The van der Waals surface area contributed by atoms with E-state index in [-0.39, 0.29) is 30.1 Å². The van der Waals surface area contributed by atoms with Gasteiger partial charge in [-0.25, -0.2) is 14.2 Å². The van der Waals surface area contributed by atoms with Crippen LogP contribution in [-0.4, -0.2) is 51.7 Å². The number of carbonyl (C=O) groups is 1. The molecule has 0 unspecified atom stereocenters. The first-order chi connectivity index (χ1) is 17.5. The van der Waals surface area contributed by atoms with Crippen LogP contribution in [0.5, 0.6) is 0 Å². The highest BCUT2D eigenvalue weighted by molar-refractivity contribution is 7.22. The lowest BCUT2D eigenvalue weighted by Crippen LogP contribution is -2.35. The number of halogens is 2. The predicted octanol–water partition coefficient (Wildman–Crippen LogP) is 5.68. The number of fused-ring (bicyclic) bond motifs is 1. The van der Waals surface area contributed by atoms with E-state index in [0.717, 1.165) is 49.2 Å². The van der Waals surface area contributed by atoms with E-state index in [9.17, 15) is 9.90 Å². The van der Waals surface area contributed by atoms with Gasteiger partial charge in [0.2, 0.25) is 0 Å². The van der Waals surface area contributed by atoms with Gasteiger partial charge in [-0.2, -0.15) is 0 Å². The number of carbonyl (C=O) groups excluding carboxylic acids is 1. The minimum atomic E-state index is -0.428. The molecule has 1 fully saturated rings. The van der Waals surface area contributed by atoms with E-state index < -0.39 is 5.82 Å². The fraction of sp³-hybridized carbons (Fsp3) is 0.296. The van der Waals surface area contributed by atoms with Crippen molar-refractivity contribution in [1.82, 2.24) is 20.2 Å². The molecule has 7 nitrogen and oxygen atoms in total. The normalized spacial score (nSPS) is 14.4. The highest BCUT2D eigenvalue weighted by Crippen LogP contribution is 2.40. The van der Waals surface area contributed by atoms with Gasteiger partial charge < -0.3 is 10.4 Å². The molecule has 4 aromatic rings. The third kappa shape index (κ3) is 6.07. The Morgan fingerprint density at radius 1 is 1.16 bits per heavy atom. The van der Waals surface area contributed by atoms with E-state index in [0.29, 0.717) is 27.6 Å². The zero-order valence-electron chi connectivity index (χ0n) is 20.4. The summed E-state index contributed by atoms with van der Waals surface area (Å²) >= 11 is 1.23. The SMILES string of the molecule is CCNC(=O)Nc1nc2c(F)c(-c3ccc(CN4CCC(O)CC4)cc3)cc(-c3ccccn3)c2s1.Cl. The standard InChI is InChI=1S/C27H28FN5O2S.ClH/c1-2-29-26(35)32-27-31-24-23(28)20(15-21(25(24)36-27)22-5-3-4-12-30-22)18-8-6-17(7-9-18)16-33-13-10-19(34)11-14-33;/h3-9,12,15,19,34H,2,10-11,13-14,16H2,1H3,(H2,29,31,32,35);1H. The minimum Gasteiger partial charge on any atom is -0.393 e. The number of thiazole rings is 1. The lowest BCUT2D eigenvalue weighted by atomic mass is 9.98. The number of nitrogens with one attached hydrogen (secondary N) is 2. The number of urea groups is 1. The lowest BCUT2D eigenvalue weighted by molar-refractivity contribution is 0.0792. The molecule has 0 spiro atoms. The average molecular weight is 542 g/mol. The number of hydrogen-bond acceptors (Lipinski definition) is 6. The number of rotatable bonds is 6. The van der Waals surface area contributed by atoms with E-state index in [1.165, 1.54) is 11.3 Å². The number of likely N-dealkylation sites (tertiary alicyclic amines) is 1. The summed E-state index contributed by atoms with van der Waals surface area (Å²) in [6.07, 6.45) is 3.10. The Kier molecular flexibility index (Phi) is 8.71. The minimum absolute atomic E-state index is 0. The molecule has 5 rings (SSSR count). The first-order valence-corrected chi connectivity index (χ1v) is 12.9. The number of aliphatic hydroxyl groups excluding tert-OH is 1. The number of aromatic nitrogens is 2. The van der Waals surface area contributed by atoms with E-state index >= 15 is 4.39 Å². The third-order valence-corrected chi connectivity index (χ3v) is 7.34. The van der Waals surface area contributed by atoms with Gasteiger partial charge in [0.25, 0.3) is 0 Å². The van der Waals surface area contributed by atoms with E-state index in [4.69, 9.17) is 0 Å². The van der Waals surface area contributed by atoms with Crippen molar-refractivity contribution in [3.8, 4) is 22.4 Å². The first-order valence-electron chi connectivity index (χ1n) is 12.1. The van der Waals surface area contributed by atoms with Gasteiger partial charge in [-0.15, -0.1) is 12.4 Å². The Morgan fingerprint density at radius 3 is 2.59 bits per heavy atom. The van der Waals surface area contributed by atoms with Crippen LogP contribution in [0.25, 0.3) is 32.6 Å². The predicted molar refractivity (Wildman–Crippen MR) is 149 cm³/mol. The van der Waals surface area contributed by atoms with Gasteiger partial charge in [-0.1, -0.05) is 41.7 Å². The Labute approximate surface area is 225 Å². The zero-order valence-corrected chi connectivity index (χ0v) is 22.0. The molecule has 1 saturated heterocycles. The van der Waals surface area contributed by atoms with Gasteiger partial charge >= 0.3 is 6.03 Å². The molecule has 10 heteroatoms. The van der Waals surface area contributed by atoms with Crippen molar-refractivity contribution in [2.45, 2.75) is 32.4 Å². The number of benzene rings is 2. The van der Waals surface area contributed by atoms with Crippen molar-refractivity contribution < 1.29 is 14.3 Å². The van der Waals surface area contributed by atoms with Crippen molar-refractivity contribution in [3.63, 3.8) is 0 Å². The molecule has 2 aromatic carbocycles. The number of anilines is 1. The first kappa shape index (κ1) is 26.9. The van der Waals surface area contributed by atoms with Crippen molar-refractivity contribution in [1.29, 1.82) is 0 Å². The lowest BCUT2D eigenvalue weighted by Gasteiger charge is -2.29. The Hall–Kier alpha value is -3.11. The monoisotopic (exact) mass is 541 g/mol. The Balaban J connectivity index is 0.00000320.